The molecule has 0 saturated carbocycles. The number of aliphatic hydroxyl groups excluding tert-OH is 2. The normalized spacial score (nSPS) is 13.6. The second-order valence-electron chi connectivity index (χ2n) is 8.77. The summed E-state index contributed by atoms with van der Waals surface area (Å²) in [7, 11) is 0. The van der Waals surface area contributed by atoms with E-state index in [0.29, 0.717) is 12.4 Å². The summed E-state index contributed by atoms with van der Waals surface area (Å²) in [5.74, 6) is -0.262. The lowest BCUT2D eigenvalue weighted by Gasteiger charge is -2.32. The largest absolute Gasteiger partial charge is 0.490 e. The third kappa shape index (κ3) is 7.67. The molecule has 0 radical (unpaired) electrons. The average molecular weight is 435 g/mol. The van der Waals surface area contributed by atoms with E-state index in [1.165, 1.54) is 0 Å². The van der Waals surface area contributed by atoms with Crippen LogP contribution in [-0.4, -0.2) is 53.9 Å². The van der Waals surface area contributed by atoms with Crippen molar-refractivity contribution in [3.8, 4) is 5.75 Å². The molecule has 2 atom stereocenters. The van der Waals surface area contributed by atoms with Crippen molar-refractivity contribution < 1.29 is 24.5 Å². The molecule has 0 heterocycles. The molecule has 0 spiro atoms. The van der Waals surface area contributed by atoms with Gasteiger partial charge in [0.05, 0.1) is 25.3 Å². The molecule has 7 nitrogen and oxygen atoms in total. The zero-order chi connectivity index (χ0) is 23.6. The van der Waals surface area contributed by atoms with Crippen LogP contribution in [0.3, 0.4) is 0 Å². The Morgan fingerprint density at radius 1 is 1.00 bits per heavy atom. The first-order chi connectivity index (χ1) is 14.6. The fourth-order valence-corrected chi connectivity index (χ4v) is 3.03. The third-order valence-electron chi connectivity index (χ3n) is 5.49. The Balaban J connectivity index is 3.17. The summed E-state index contributed by atoms with van der Waals surface area (Å²) in [4.78, 5) is 26.5. The van der Waals surface area contributed by atoms with E-state index >= 15 is 0 Å². The van der Waals surface area contributed by atoms with Crippen LogP contribution in [0.2, 0.25) is 0 Å². The van der Waals surface area contributed by atoms with Gasteiger partial charge in [-0.3, -0.25) is 9.59 Å². The molecule has 0 fully saturated rings. The Labute approximate surface area is 185 Å². The molecule has 0 aliphatic rings. The van der Waals surface area contributed by atoms with Gasteiger partial charge < -0.3 is 25.6 Å². The van der Waals surface area contributed by atoms with E-state index in [1.54, 1.807) is 25.1 Å². The van der Waals surface area contributed by atoms with Crippen molar-refractivity contribution in [2.24, 2.45) is 17.3 Å². The van der Waals surface area contributed by atoms with Crippen LogP contribution < -0.4 is 15.4 Å². The van der Waals surface area contributed by atoms with Crippen LogP contribution >= 0.6 is 0 Å². The molecule has 1 rings (SSSR count). The number of nitrogens with one attached hydrogen (secondary N) is 2. The number of hydrogen-bond acceptors (Lipinski definition) is 5. The highest BCUT2D eigenvalue weighted by atomic mass is 16.5. The Hall–Kier alpha value is -2.38. The number of carbonyl (C=O) groups excluding carboxylic acids is 2. The number of hydrogen-bond donors (Lipinski definition) is 4. The fourth-order valence-electron chi connectivity index (χ4n) is 3.03. The first-order valence-electron chi connectivity index (χ1n) is 10.7. The predicted octanol–water partition coefficient (Wildman–Crippen LogP) is 2.07. The molecule has 174 valence electrons. The first kappa shape index (κ1) is 26.7. The summed E-state index contributed by atoms with van der Waals surface area (Å²) in [5.41, 5.74) is -0.650. The zero-order valence-corrected chi connectivity index (χ0v) is 19.4. The molecule has 2 amide bonds. The van der Waals surface area contributed by atoms with Gasteiger partial charge in [-0.1, -0.05) is 52.5 Å². The molecular weight excluding hydrogens is 396 g/mol. The first-order valence-corrected chi connectivity index (χ1v) is 10.7. The molecule has 0 aromatic heterocycles. The van der Waals surface area contributed by atoms with Gasteiger partial charge in [-0.15, -0.1) is 0 Å². The lowest BCUT2D eigenvalue weighted by atomic mass is 9.80. The Kier molecular flexibility index (Phi) is 10.7. The maximum atomic E-state index is 13.3. The highest BCUT2D eigenvalue weighted by molar-refractivity contribution is 6.05. The molecule has 0 aliphatic carbocycles. The van der Waals surface area contributed by atoms with Gasteiger partial charge in [0.25, 0.3) is 0 Å². The monoisotopic (exact) mass is 434 g/mol. The van der Waals surface area contributed by atoms with Gasteiger partial charge in [0.1, 0.15) is 17.8 Å². The van der Waals surface area contributed by atoms with Gasteiger partial charge in [0.15, 0.2) is 0 Å². The topological polar surface area (TPSA) is 108 Å². The highest BCUT2D eigenvalue weighted by Gasteiger charge is 2.43. The van der Waals surface area contributed by atoms with E-state index in [1.807, 2.05) is 39.8 Å². The Bertz CT molecular complexity index is 685. The zero-order valence-electron chi connectivity index (χ0n) is 19.4. The van der Waals surface area contributed by atoms with Crippen molar-refractivity contribution in [1.82, 2.24) is 10.6 Å². The number of aliphatic hydroxyl groups is 2. The van der Waals surface area contributed by atoms with E-state index in [4.69, 9.17) is 4.74 Å². The predicted molar refractivity (Wildman–Crippen MR) is 122 cm³/mol. The number of benzene rings is 1. The van der Waals surface area contributed by atoms with Crippen LogP contribution in [0.1, 0.15) is 40.2 Å². The van der Waals surface area contributed by atoms with Crippen molar-refractivity contribution in [3.63, 3.8) is 0 Å². The van der Waals surface area contributed by atoms with Crippen LogP contribution in [0.15, 0.2) is 36.9 Å². The van der Waals surface area contributed by atoms with Crippen LogP contribution in [0.4, 0.5) is 0 Å². The quantitative estimate of drug-likeness (QED) is 0.281. The molecule has 0 bridgehead atoms. The van der Waals surface area contributed by atoms with E-state index < -0.39 is 29.3 Å². The number of carbonyl (C=O) groups is 2. The van der Waals surface area contributed by atoms with E-state index in [0.717, 1.165) is 5.56 Å². The lowest BCUT2D eigenvalue weighted by Crippen LogP contribution is -2.57. The number of amides is 2. The fraction of sp³-hybridized carbons (Fsp3) is 0.583. The van der Waals surface area contributed by atoms with Gasteiger partial charge >= 0.3 is 0 Å². The number of ether oxygens (including phenoxy) is 1. The molecule has 0 unspecified atom stereocenters. The summed E-state index contributed by atoms with van der Waals surface area (Å²) >= 11 is 0. The van der Waals surface area contributed by atoms with E-state index in [2.05, 4.69) is 17.2 Å². The maximum Gasteiger partial charge on any atom is 0.236 e. The summed E-state index contributed by atoms with van der Waals surface area (Å²) in [6.07, 6.45) is 1.80. The van der Waals surface area contributed by atoms with Crippen LogP contribution in [0.25, 0.3) is 0 Å². The van der Waals surface area contributed by atoms with E-state index in [-0.39, 0.29) is 31.5 Å². The molecule has 7 heteroatoms. The van der Waals surface area contributed by atoms with Crippen molar-refractivity contribution in [2.75, 3.05) is 19.8 Å². The molecule has 31 heavy (non-hydrogen) atoms. The molecule has 0 saturated heterocycles. The lowest BCUT2D eigenvalue weighted by molar-refractivity contribution is -0.144. The molecule has 4 N–H and O–H groups in total. The van der Waals surface area contributed by atoms with Gasteiger partial charge in [-0.05, 0) is 42.9 Å². The second kappa shape index (κ2) is 12.5. The number of rotatable bonds is 13. The van der Waals surface area contributed by atoms with Gasteiger partial charge in [-0.25, -0.2) is 0 Å². The van der Waals surface area contributed by atoms with Crippen LogP contribution in [-0.2, 0) is 16.0 Å². The molecular formula is C24H38N2O5. The van der Waals surface area contributed by atoms with Gasteiger partial charge in [0, 0.05) is 0 Å². The summed E-state index contributed by atoms with van der Waals surface area (Å²) in [6.45, 7) is 12.7. The third-order valence-corrected chi connectivity index (χ3v) is 5.49. The van der Waals surface area contributed by atoms with Gasteiger partial charge in [0.2, 0.25) is 11.8 Å². The standard InChI is InChI=1S/C24H38N2O5/c1-7-12-31-19-10-8-18(9-11-19)13-24(6,22(29)25-20(14-27)16(2)3)23(30)26-21(15-28)17(4)5/h7-11,16-17,20-21,27-28H,1,12-15H2,2-6H3,(H,25,29)(H,26,30)/t20-,21-/m1/s1. The summed E-state index contributed by atoms with van der Waals surface area (Å²) < 4.78 is 5.49. The highest BCUT2D eigenvalue weighted by Crippen LogP contribution is 2.26. The Morgan fingerprint density at radius 3 is 1.81 bits per heavy atom. The second-order valence-corrected chi connectivity index (χ2v) is 8.77. The van der Waals surface area contributed by atoms with Crippen LogP contribution in [0, 0.1) is 17.3 Å². The van der Waals surface area contributed by atoms with Crippen LogP contribution in [0.5, 0.6) is 5.75 Å². The van der Waals surface area contributed by atoms with Crippen molar-refractivity contribution in [3.05, 3.63) is 42.5 Å². The molecule has 0 aliphatic heterocycles. The summed E-state index contributed by atoms with van der Waals surface area (Å²) in [6, 6.07) is 6.26. The van der Waals surface area contributed by atoms with Crippen molar-refractivity contribution in [2.45, 2.75) is 53.1 Å². The minimum Gasteiger partial charge on any atom is -0.490 e. The minimum atomic E-state index is -1.44. The SMILES string of the molecule is C=CCOc1ccc(CC(C)(C(=O)N[C@H](CO)C(C)C)C(=O)N[C@H](CO)C(C)C)cc1. The van der Waals surface area contributed by atoms with Crippen molar-refractivity contribution >= 4 is 11.8 Å². The van der Waals surface area contributed by atoms with Crippen molar-refractivity contribution in [1.29, 1.82) is 0 Å². The summed E-state index contributed by atoms with van der Waals surface area (Å²) in [5, 5.41) is 24.9. The van der Waals surface area contributed by atoms with E-state index in [9.17, 15) is 19.8 Å². The van der Waals surface area contributed by atoms with Gasteiger partial charge in [-0.2, -0.15) is 0 Å². The molecule has 1 aromatic carbocycles. The Morgan fingerprint density at radius 2 is 1.45 bits per heavy atom. The average Bonchev–Trinajstić information content (AvgIpc) is 2.74. The minimum absolute atomic E-state index is 0.00316. The molecule has 1 aromatic rings. The maximum absolute atomic E-state index is 13.3. The smallest absolute Gasteiger partial charge is 0.236 e.